The molecule has 1 aliphatic rings. The Balaban J connectivity index is 0.00000220. The number of halogens is 1. The normalized spacial score (nSPS) is 18.1. The first-order valence-corrected chi connectivity index (χ1v) is 8.40. The lowest BCUT2D eigenvalue weighted by atomic mass is 9.82. The highest BCUT2D eigenvalue weighted by Crippen LogP contribution is 2.41. The van der Waals surface area contributed by atoms with Gasteiger partial charge in [0.2, 0.25) is 5.69 Å². The Bertz CT molecular complexity index is 665. The summed E-state index contributed by atoms with van der Waals surface area (Å²) in [4.78, 5) is 0. The van der Waals surface area contributed by atoms with Crippen LogP contribution in [0.25, 0.3) is 0 Å². The van der Waals surface area contributed by atoms with E-state index in [-0.39, 0.29) is 29.4 Å². The molecule has 0 aromatic heterocycles. The fourth-order valence-corrected chi connectivity index (χ4v) is 3.99. The molecule has 0 aliphatic carbocycles. The van der Waals surface area contributed by atoms with Gasteiger partial charge in [-0.2, -0.15) is 13.0 Å². The number of fused-ring (bicyclic) bond motifs is 1. The summed E-state index contributed by atoms with van der Waals surface area (Å²) in [6.45, 7) is 8.01. The summed E-state index contributed by atoms with van der Waals surface area (Å²) >= 11 is 0. The van der Waals surface area contributed by atoms with Crippen molar-refractivity contribution >= 4 is 21.5 Å². The van der Waals surface area contributed by atoms with Crippen molar-refractivity contribution in [2.24, 2.45) is 0 Å². The largest absolute Gasteiger partial charge is 1.00 e. The molecule has 0 radical (unpaired) electrons. The highest BCUT2D eigenvalue weighted by molar-refractivity contribution is 7.86. The Kier molecular flexibility index (Phi) is 5.61. The van der Waals surface area contributed by atoms with Crippen LogP contribution in [0.2, 0.25) is 0 Å². The Labute approximate surface area is 144 Å². The zero-order valence-corrected chi connectivity index (χ0v) is 15.8. The van der Waals surface area contributed by atoms with Gasteiger partial charge in [0.25, 0.3) is 5.37 Å². The predicted octanol–water partition coefficient (Wildman–Crippen LogP) is 0.101. The fourth-order valence-electron chi connectivity index (χ4n) is 2.92. The van der Waals surface area contributed by atoms with Gasteiger partial charge in [-0.3, -0.25) is 4.55 Å². The van der Waals surface area contributed by atoms with E-state index >= 15 is 0 Å². The first-order chi connectivity index (χ1) is 9.21. The van der Waals surface area contributed by atoms with Gasteiger partial charge in [0.1, 0.15) is 0 Å². The Morgan fingerprint density at radius 2 is 1.86 bits per heavy atom. The van der Waals surface area contributed by atoms with Crippen molar-refractivity contribution in [3.05, 3.63) is 29.8 Å². The molecule has 0 saturated heterocycles. The third-order valence-corrected chi connectivity index (χ3v) is 5.40. The van der Waals surface area contributed by atoms with Crippen LogP contribution in [0.1, 0.15) is 46.1 Å². The van der Waals surface area contributed by atoms with Crippen LogP contribution in [-0.4, -0.2) is 28.6 Å². The molecule has 1 heterocycles. The lowest BCUT2D eigenvalue weighted by Crippen LogP contribution is -3.00. The maximum absolute atomic E-state index is 11.8. The third kappa shape index (κ3) is 3.17. The second kappa shape index (κ2) is 6.34. The molecule has 1 unspecified atom stereocenters. The fraction of sp³-hybridized carbons (Fsp3) is 0.533. The lowest BCUT2D eigenvalue weighted by Gasteiger charge is -2.15. The number of rotatable bonds is 4. The van der Waals surface area contributed by atoms with Crippen molar-refractivity contribution in [3.8, 4) is 0 Å². The number of benzene rings is 1. The summed E-state index contributed by atoms with van der Waals surface area (Å²) in [6, 6.07) is 7.79. The summed E-state index contributed by atoms with van der Waals surface area (Å²) in [5, 5.41) is -0.907. The standard InChI is InChI=1S/C15H21NO3S.HI/c1-5-8-14(20(17,18)19)16-11(2)15(3,4)12-9-6-7-10-13(12)16;/h6-7,9-10,14H,5,8H2,1-4H3;1H. The number of para-hydroxylation sites is 1. The quantitative estimate of drug-likeness (QED) is 0.425. The van der Waals surface area contributed by atoms with Crippen LogP contribution in [-0.2, 0) is 15.5 Å². The molecule has 1 aliphatic heterocycles. The topological polar surface area (TPSA) is 57.4 Å². The van der Waals surface area contributed by atoms with Crippen LogP contribution in [0.15, 0.2) is 24.3 Å². The van der Waals surface area contributed by atoms with Crippen molar-refractivity contribution in [2.75, 3.05) is 0 Å². The zero-order valence-electron chi connectivity index (χ0n) is 12.8. The van der Waals surface area contributed by atoms with Gasteiger partial charge in [-0.05, 0) is 20.3 Å². The molecule has 1 atom stereocenters. The average Bonchev–Trinajstić information content (AvgIpc) is 2.55. The SMILES string of the molecule is CCCC([N+]1=C(C)C(C)(C)c2ccccc21)S(=O)(=O)O.[I-]. The second-order valence-corrected chi connectivity index (χ2v) is 7.43. The minimum atomic E-state index is -4.13. The number of hydrogen-bond donors (Lipinski definition) is 1. The monoisotopic (exact) mass is 423 g/mol. The van der Waals surface area contributed by atoms with Crippen molar-refractivity contribution in [3.63, 3.8) is 0 Å². The van der Waals surface area contributed by atoms with E-state index in [1.165, 1.54) is 0 Å². The summed E-state index contributed by atoms with van der Waals surface area (Å²) in [5.74, 6) is 0. The van der Waals surface area contributed by atoms with Crippen LogP contribution in [0.4, 0.5) is 5.69 Å². The molecule has 4 nitrogen and oxygen atoms in total. The van der Waals surface area contributed by atoms with E-state index in [1.54, 1.807) is 4.58 Å². The minimum Gasteiger partial charge on any atom is -1.00 e. The Morgan fingerprint density at radius 3 is 2.38 bits per heavy atom. The number of hydrogen-bond acceptors (Lipinski definition) is 2. The van der Waals surface area contributed by atoms with Crippen LogP contribution in [0, 0.1) is 0 Å². The molecular weight excluding hydrogens is 401 g/mol. The smallest absolute Gasteiger partial charge is 0.329 e. The van der Waals surface area contributed by atoms with E-state index < -0.39 is 15.5 Å². The van der Waals surface area contributed by atoms with E-state index in [4.69, 9.17) is 0 Å². The summed E-state index contributed by atoms with van der Waals surface area (Å²) < 4.78 is 34.9. The van der Waals surface area contributed by atoms with Gasteiger partial charge in [-0.1, -0.05) is 25.1 Å². The van der Waals surface area contributed by atoms with Crippen LogP contribution in [0.5, 0.6) is 0 Å². The molecule has 0 fully saturated rings. The first kappa shape index (κ1) is 18.6. The molecule has 0 spiro atoms. The van der Waals surface area contributed by atoms with Gasteiger partial charge < -0.3 is 24.0 Å². The molecule has 0 bridgehead atoms. The lowest BCUT2D eigenvalue weighted by molar-refractivity contribution is -0.459. The van der Waals surface area contributed by atoms with E-state index in [2.05, 4.69) is 13.8 Å². The minimum absolute atomic E-state index is 0. The van der Waals surface area contributed by atoms with Crippen molar-refractivity contribution < 1.29 is 41.5 Å². The van der Waals surface area contributed by atoms with Crippen LogP contribution < -0.4 is 24.0 Å². The van der Waals surface area contributed by atoms with E-state index in [9.17, 15) is 13.0 Å². The molecule has 21 heavy (non-hydrogen) atoms. The highest BCUT2D eigenvalue weighted by atomic mass is 127. The molecule has 2 rings (SSSR count). The van der Waals surface area contributed by atoms with Gasteiger partial charge in [0.05, 0.1) is 5.41 Å². The maximum atomic E-state index is 11.8. The highest BCUT2D eigenvalue weighted by Gasteiger charge is 2.48. The molecule has 1 aromatic rings. The van der Waals surface area contributed by atoms with E-state index in [1.807, 2.05) is 38.1 Å². The second-order valence-electron chi connectivity index (χ2n) is 5.86. The van der Waals surface area contributed by atoms with Crippen molar-refractivity contribution in [1.82, 2.24) is 0 Å². The molecule has 118 valence electrons. The molecule has 0 saturated carbocycles. The Morgan fingerprint density at radius 1 is 1.29 bits per heavy atom. The summed E-state index contributed by atoms with van der Waals surface area (Å²) in [6.07, 6.45) is 1.09. The maximum Gasteiger partial charge on any atom is 0.329 e. The van der Waals surface area contributed by atoms with Gasteiger partial charge in [-0.15, -0.1) is 0 Å². The van der Waals surface area contributed by atoms with Crippen molar-refractivity contribution in [1.29, 1.82) is 0 Å². The Hall–Kier alpha value is -0.470. The van der Waals surface area contributed by atoms with Crippen LogP contribution >= 0.6 is 0 Å². The van der Waals surface area contributed by atoms with Crippen LogP contribution in [0.3, 0.4) is 0 Å². The zero-order chi connectivity index (χ0) is 15.1. The molecule has 1 N–H and O–H groups in total. The summed E-state index contributed by atoms with van der Waals surface area (Å²) in [7, 11) is -4.13. The predicted molar refractivity (Wildman–Crippen MR) is 80.3 cm³/mol. The molecular formula is C15H22INO3S. The molecule has 6 heteroatoms. The summed E-state index contributed by atoms with van der Waals surface area (Å²) in [5.41, 5.74) is 2.70. The third-order valence-electron chi connectivity index (χ3n) is 4.27. The van der Waals surface area contributed by atoms with Gasteiger partial charge in [0.15, 0.2) is 5.71 Å². The van der Waals surface area contributed by atoms with E-state index in [0.29, 0.717) is 12.8 Å². The first-order valence-electron chi connectivity index (χ1n) is 6.90. The van der Waals surface area contributed by atoms with Gasteiger partial charge in [-0.25, -0.2) is 0 Å². The van der Waals surface area contributed by atoms with Gasteiger partial charge >= 0.3 is 10.1 Å². The number of nitrogens with zero attached hydrogens (tertiary/aromatic N) is 1. The van der Waals surface area contributed by atoms with E-state index in [0.717, 1.165) is 17.0 Å². The van der Waals surface area contributed by atoms with Gasteiger partial charge in [0, 0.05) is 25.0 Å². The van der Waals surface area contributed by atoms with Crippen molar-refractivity contribution in [2.45, 2.75) is 51.3 Å². The average molecular weight is 423 g/mol. The molecule has 0 amide bonds. The molecule has 1 aromatic carbocycles.